The Hall–Kier alpha value is -1.17. The Morgan fingerprint density at radius 2 is 1.79 bits per heavy atom. The Kier molecular flexibility index (Phi) is 4.39. The fraction of sp³-hybridized carbons (Fsp3) is 0.0769. The predicted molar refractivity (Wildman–Crippen MR) is 93.7 cm³/mol. The molecule has 2 aromatic carbocycles. The first-order chi connectivity index (χ1) is 11.1. The first kappa shape index (κ1) is 17.6. The lowest BCUT2D eigenvalue weighted by atomic mass is 10.1. The third-order valence-corrected chi connectivity index (χ3v) is 6.77. The molecule has 1 aliphatic rings. The van der Waals surface area contributed by atoms with Crippen molar-refractivity contribution in [1.82, 2.24) is 4.72 Å². The van der Waals surface area contributed by atoms with E-state index in [1.165, 1.54) is 6.07 Å². The van der Waals surface area contributed by atoms with Gasteiger partial charge >= 0.3 is 0 Å². The van der Waals surface area contributed by atoms with Crippen molar-refractivity contribution in [2.75, 3.05) is 5.32 Å². The molecule has 0 amide bonds. The Labute approximate surface area is 152 Å². The molecule has 0 spiro atoms. The molecule has 0 radical (unpaired) electrons. The Morgan fingerprint density at radius 1 is 1.17 bits per heavy atom. The standard InChI is InChI=1S/C13H11BrClN3O4S2/c14-8-3-1-7(2-4-8)13-17-10-5-9(15)11(23(16,19)20)6-12(10)24(21,22)18-13/h1-6,13,17-18H,(H2,16,19,20)/t13-/m0/s1. The maximum Gasteiger partial charge on any atom is 0.244 e. The normalized spacial score (nSPS) is 19.4. The monoisotopic (exact) mass is 451 g/mol. The van der Waals surface area contributed by atoms with Gasteiger partial charge in [-0.2, -0.15) is 4.72 Å². The van der Waals surface area contributed by atoms with Gasteiger partial charge in [-0.15, -0.1) is 0 Å². The topological polar surface area (TPSA) is 118 Å². The first-order valence-corrected chi connectivity index (χ1v) is 10.7. The van der Waals surface area contributed by atoms with E-state index in [2.05, 4.69) is 26.0 Å². The highest BCUT2D eigenvalue weighted by Gasteiger charge is 2.32. The summed E-state index contributed by atoms with van der Waals surface area (Å²) in [4.78, 5) is -0.679. The molecule has 4 N–H and O–H groups in total. The summed E-state index contributed by atoms with van der Waals surface area (Å²) >= 11 is 9.24. The van der Waals surface area contributed by atoms with Crippen molar-refractivity contribution in [1.29, 1.82) is 0 Å². The van der Waals surface area contributed by atoms with Crippen molar-refractivity contribution >= 4 is 53.3 Å². The second-order valence-corrected chi connectivity index (χ2v) is 9.61. The number of rotatable bonds is 2. The molecule has 0 saturated carbocycles. The maximum absolute atomic E-state index is 12.5. The van der Waals surface area contributed by atoms with Crippen LogP contribution in [0.2, 0.25) is 5.02 Å². The van der Waals surface area contributed by atoms with Crippen molar-refractivity contribution in [3.63, 3.8) is 0 Å². The van der Waals surface area contributed by atoms with E-state index in [0.717, 1.165) is 10.5 Å². The van der Waals surface area contributed by atoms with E-state index in [1.54, 1.807) is 24.3 Å². The van der Waals surface area contributed by atoms with Crippen LogP contribution in [0.1, 0.15) is 11.7 Å². The molecule has 11 heteroatoms. The lowest BCUT2D eigenvalue weighted by Gasteiger charge is -2.29. The lowest BCUT2D eigenvalue weighted by Crippen LogP contribution is -2.38. The Morgan fingerprint density at radius 3 is 2.38 bits per heavy atom. The summed E-state index contributed by atoms with van der Waals surface area (Å²) in [7, 11) is -8.10. The molecule has 128 valence electrons. The fourth-order valence-electron chi connectivity index (χ4n) is 2.30. The van der Waals surface area contributed by atoms with Crippen molar-refractivity contribution in [2.24, 2.45) is 5.14 Å². The largest absolute Gasteiger partial charge is 0.364 e. The van der Waals surface area contributed by atoms with Gasteiger partial charge in [-0.1, -0.05) is 39.7 Å². The zero-order valence-electron chi connectivity index (χ0n) is 11.8. The summed E-state index contributed by atoms with van der Waals surface area (Å²) in [6.45, 7) is 0. The van der Waals surface area contributed by atoms with E-state index >= 15 is 0 Å². The summed E-state index contributed by atoms with van der Waals surface area (Å²) in [5.41, 5.74) is 0.873. The van der Waals surface area contributed by atoms with Crippen LogP contribution in [-0.2, 0) is 20.0 Å². The van der Waals surface area contributed by atoms with Crippen molar-refractivity contribution in [3.8, 4) is 0 Å². The van der Waals surface area contributed by atoms with Gasteiger partial charge in [-0.05, 0) is 29.8 Å². The zero-order valence-corrected chi connectivity index (χ0v) is 15.8. The van der Waals surface area contributed by atoms with E-state index in [4.69, 9.17) is 16.7 Å². The summed E-state index contributed by atoms with van der Waals surface area (Å²) in [5.74, 6) is 0. The Bertz CT molecular complexity index is 1020. The third-order valence-electron chi connectivity index (χ3n) is 3.41. The highest BCUT2D eigenvalue weighted by Crippen LogP contribution is 2.36. The molecule has 1 heterocycles. The number of hydrogen-bond acceptors (Lipinski definition) is 5. The first-order valence-electron chi connectivity index (χ1n) is 6.48. The molecule has 1 aliphatic heterocycles. The molecule has 0 bridgehead atoms. The number of anilines is 1. The second-order valence-electron chi connectivity index (χ2n) is 5.07. The van der Waals surface area contributed by atoms with E-state index in [9.17, 15) is 16.8 Å². The van der Waals surface area contributed by atoms with E-state index in [0.29, 0.717) is 5.56 Å². The molecule has 0 fully saturated rings. The maximum atomic E-state index is 12.5. The van der Waals surface area contributed by atoms with Crippen molar-refractivity contribution in [3.05, 3.63) is 51.5 Å². The van der Waals surface area contributed by atoms with Crippen LogP contribution in [0.5, 0.6) is 0 Å². The van der Waals surface area contributed by atoms with Gasteiger partial charge in [0.2, 0.25) is 20.0 Å². The molecule has 0 aromatic heterocycles. The molecule has 2 aromatic rings. The van der Waals surface area contributed by atoms with Crippen LogP contribution in [0.25, 0.3) is 0 Å². The molecular formula is C13H11BrClN3O4S2. The van der Waals surface area contributed by atoms with Gasteiger partial charge in [0.25, 0.3) is 0 Å². The summed E-state index contributed by atoms with van der Waals surface area (Å²) < 4.78 is 51.3. The second kappa shape index (κ2) is 5.97. The smallest absolute Gasteiger partial charge is 0.244 e. The van der Waals surface area contributed by atoms with Gasteiger partial charge in [0, 0.05) is 4.47 Å². The number of benzene rings is 2. The summed E-state index contributed by atoms with van der Waals surface area (Å²) in [5, 5.41) is 7.88. The molecule has 1 atom stereocenters. The quantitative estimate of drug-likeness (QED) is 0.645. The molecule has 0 aliphatic carbocycles. The predicted octanol–water partition coefficient (Wildman–Crippen LogP) is 2.15. The van der Waals surface area contributed by atoms with Crippen LogP contribution in [0, 0.1) is 0 Å². The SMILES string of the molecule is NS(=O)(=O)c1cc2c(cc1Cl)N[C@H](c1ccc(Br)cc1)NS2(=O)=O. The lowest BCUT2D eigenvalue weighted by molar-refractivity contribution is 0.562. The van der Waals surface area contributed by atoms with Crippen LogP contribution >= 0.6 is 27.5 Å². The van der Waals surface area contributed by atoms with Gasteiger partial charge < -0.3 is 5.32 Å². The van der Waals surface area contributed by atoms with Crippen LogP contribution in [0.4, 0.5) is 5.69 Å². The number of nitrogens with two attached hydrogens (primary N) is 1. The molecule has 24 heavy (non-hydrogen) atoms. The van der Waals surface area contributed by atoms with Gasteiger partial charge in [0.05, 0.1) is 10.7 Å². The average molecular weight is 453 g/mol. The number of primary sulfonamides is 1. The third kappa shape index (κ3) is 3.30. The van der Waals surface area contributed by atoms with Crippen molar-refractivity contribution < 1.29 is 16.8 Å². The van der Waals surface area contributed by atoms with Crippen LogP contribution in [0.3, 0.4) is 0 Å². The van der Waals surface area contributed by atoms with Crippen LogP contribution < -0.4 is 15.2 Å². The molecule has 3 rings (SSSR count). The highest BCUT2D eigenvalue weighted by atomic mass is 79.9. The summed E-state index contributed by atoms with van der Waals surface area (Å²) in [6.07, 6.45) is -0.716. The number of nitrogens with one attached hydrogen (secondary N) is 2. The summed E-state index contributed by atoms with van der Waals surface area (Å²) in [6, 6.07) is 9.22. The Balaban J connectivity index is 2.12. The molecule has 0 unspecified atom stereocenters. The van der Waals surface area contributed by atoms with E-state index in [-0.39, 0.29) is 15.6 Å². The molecule has 0 saturated heterocycles. The number of halogens is 2. The van der Waals surface area contributed by atoms with E-state index < -0.39 is 31.1 Å². The van der Waals surface area contributed by atoms with Crippen LogP contribution in [0.15, 0.2) is 50.7 Å². The average Bonchev–Trinajstić information content (AvgIpc) is 2.45. The highest BCUT2D eigenvalue weighted by molar-refractivity contribution is 9.10. The zero-order chi connectivity index (χ0) is 17.7. The molecular weight excluding hydrogens is 442 g/mol. The minimum Gasteiger partial charge on any atom is -0.364 e. The fourth-order valence-corrected chi connectivity index (χ4v) is 5.05. The minimum absolute atomic E-state index is 0.157. The number of sulfonamides is 2. The number of fused-ring (bicyclic) bond motifs is 1. The molecule has 7 nitrogen and oxygen atoms in total. The van der Waals surface area contributed by atoms with Crippen molar-refractivity contribution in [2.45, 2.75) is 16.0 Å². The van der Waals surface area contributed by atoms with Crippen LogP contribution in [-0.4, -0.2) is 16.8 Å². The minimum atomic E-state index is -4.14. The van der Waals surface area contributed by atoms with E-state index in [1.807, 2.05) is 0 Å². The van der Waals surface area contributed by atoms with Gasteiger partial charge in [0.15, 0.2) is 0 Å². The van der Waals surface area contributed by atoms with Gasteiger partial charge in [-0.3, -0.25) is 0 Å². The van der Waals surface area contributed by atoms with Gasteiger partial charge in [0.1, 0.15) is 16.0 Å². The number of hydrogen-bond donors (Lipinski definition) is 3. The van der Waals surface area contributed by atoms with Gasteiger partial charge in [-0.25, -0.2) is 22.0 Å².